The van der Waals surface area contributed by atoms with Crippen molar-refractivity contribution in [2.75, 3.05) is 0 Å². The zero-order valence-corrected chi connectivity index (χ0v) is 32.7. The monoisotopic (exact) mass is 662 g/mol. The Morgan fingerprint density at radius 3 is 1.04 bits per heavy atom. The molecule has 0 bridgehead atoms. The minimum atomic E-state index is -0.193. The van der Waals surface area contributed by atoms with Gasteiger partial charge in [-0.2, -0.15) is 0 Å². The minimum absolute atomic E-state index is 0. The fourth-order valence-corrected chi connectivity index (χ4v) is 7.33. The van der Waals surface area contributed by atoms with Crippen LogP contribution in [0, 0.1) is 0 Å². The molecule has 0 radical (unpaired) electrons. The summed E-state index contributed by atoms with van der Waals surface area (Å²) in [7, 11) is 0. The summed E-state index contributed by atoms with van der Waals surface area (Å²) in [5.41, 5.74) is 9.68. The van der Waals surface area contributed by atoms with Gasteiger partial charge in [0.1, 0.15) is 0 Å². The molecule has 2 N–H and O–H groups in total. The van der Waals surface area contributed by atoms with Gasteiger partial charge in [0.15, 0.2) is 0 Å². The molecular formula is C44H84ClN. The first-order valence-electron chi connectivity index (χ1n) is 21.0. The summed E-state index contributed by atoms with van der Waals surface area (Å²) in [6.45, 7) is 6.89. The van der Waals surface area contributed by atoms with E-state index in [1.54, 1.807) is 0 Å². The molecule has 46 heavy (non-hydrogen) atoms. The molecule has 0 aliphatic heterocycles. The summed E-state index contributed by atoms with van der Waals surface area (Å²) in [4.78, 5) is 0. The summed E-state index contributed by atoms with van der Waals surface area (Å²) in [6.07, 6.45) is 47.9. The molecule has 272 valence electrons. The van der Waals surface area contributed by atoms with E-state index >= 15 is 0 Å². The lowest BCUT2D eigenvalue weighted by Crippen LogP contribution is -2.34. The Labute approximate surface area is 297 Å². The van der Waals surface area contributed by atoms with Crippen molar-refractivity contribution in [3.63, 3.8) is 0 Å². The number of halogens is 1. The topological polar surface area (TPSA) is 26.0 Å². The van der Waals surface area contributed by atoms with E-state index in [0.717, 1.165) is 6.42 Å². The van der Waals surface area contributed by atoms with Crippen molar-refractivity contribution in [3.05, 3.63) is 35.4 Å². The van der Waals surface area contributed by atoms with Crippen molar-refractivity contribution in [2.45, 2.75) is 245 Å². The lowest BCUT2D eigenvalue weighted by molar-refractivity contribution is 0.416. The van der Waals surface area contributed by atoms with Crippen LogP contribution in [0.4, 0.5) is 0 Å². The molecule has 0 aliphatic rings. The van der Waals surface area contributed by atoms with Gasteiger partial charge in [-0.1, -0.05) is 237 Å². The molecule has 0 fully saturated rings. The molecular weight excluding hydrogens is 578 g/mol. The molecule has 0 aromatic heterocycles. The molecule has 1 nitrogen and oxygen atoms in total. The molecule has 0 saturated heterocycles. The van der Waals surface area contributed by atoms with Gasteiger partial charge in [-0.05, 0) is 37.3 Å². The van der Waals surface area contributed by atoms with Gasteiger partial charge in [0.25, 0.3) is 0 Å². The number of rotatable bonds is 35. The molecule has 1 aromatic rings. The van der Waals surface area contributed by atoms with E-state index in [-0.39, 0.29) is 17.9 Å². The van der Waals surface area contributed by atoms with Crippen LogP contribution in [0.15, 0.2) is 24.3 Å². The lowest BCUT2D eigenvalue weighted by atomic mass is 9.83. The Balaban J connectivity index is 0.0000202. The molecule has 0 aliphatic carbocycles. The highest BCUT2D eigenvalue weighted by Gasteiger charge is 2.23. The first-order chi connectivity index (χ1) is 22.1. The summed E-state index contributed by atoms with van der Waals surface area (Å²) in [6, 6.07) is 9.08. The largest absolute Gasteiger partial charge is 0.322 e. The normalized spacial score (nSPS) is 12.7. The Hall–Kier alpha value is -0.530. The Morgan fingerprint density at radius 1 is 0.413 bits per heavy atom. The molecule has 2 heteroatoms. The Morgan fingerprint density at radius 2 is 0.696 bits per heavy atom. The van der Waals surface area contributed by atoms with Gasteiger partial charge >= 0.3 is 0 Å². The van der Waals surface area contributed by atoms with E-state index in [0.29, 0.717) is 0 Å². The van der Waals surface area contributed by atoms with Crippen molar-refractivity contribution >= 4 is 12.4 Å². The third-order valence-corrected chi connectivity index (χ3v) is 10.5. The predicted molar refractivity (Wildman–Crippen MR) is 213 cm³/mol. The zero-order chi connectivity index (χ0) is 32.5. The fourth-order valence-electron chi connectivity index (χ4n) is 7.33. The fraction of sp³-hybridized carbons (Fsp3) is 0.864. The highest BCUT2D eigenvalue weighted by molar-refractivity contribution is 5.85. The first-order valence-corrected chi connectivity index (χ1v) is 21.0. The second-order valence-electron chi connectivity index (χ2n) is 15.2. The third kappa shape index (κ3) is 27.4. The van der Waals surface area contributed by atoms with Gasteiger partial charge in [-0.15, -0.1) is 12.4 Å². The van der Waals surface area contributed by atoms with Crippen molar-refractivity contribution in [1.29, 1.82) is 0 Å². The maximum Gasteiger partial charge on any atom is 0.0383 e. The number of hydrogen-bond acceptors (Lipinski definition) is 1. The van der Waals surface area contributed by atoms with Gasteiger partial charge in [0, 0.05) is 5.54 Å². The van der Waals surface area contributed by atoms with Crippen LogP contribution >= 0.6 is 12.4 Å². The van der Waals surface area contributed by atoms with E-state index < -0.39 is 0 Å². The SMILES string of the molecule is CCCCCCCCCCCCCCCCCCc1ccccc1C(C)(N)CCCCCCCCCCCCCCCCCC.Cl. The van der Waals surface area contributed by atoms with Gasteiger partial charge in [-0.25, -0.2) is 0 Å². The standard InChI is InChI=1S/C44H83N.ClH/c1-4-6-8-10-12-14-16-18-20-22-24-26-28-30-32-34-38-42-39-35-36-40-43(42)44(3,45)41-37-33-31-29-27-25-23-21-19-17-15-13-11-9-7-5-2;/h35-36,39-40H,4-34,37-38,41,45H2,1-3H3;1H. The van der Waals surface area contributed by atoms with Gasteiger partial charge in [-0.3, -0.25) is 0 Å². The van der Waals surface area contributed by atoms with Crippen LogP contribution in [0.5, 0.6) is 0 Å². The van der Waals surface area contributed by atoms with E-state index in [2.05, 4.69) is 45.0 Å². The van der Waals surface area contributed by atoms with E-state index in [1.165, 1.54) is 223 Å². The summed E-state index contributed by atoms with van der Waals surface area (Å²) in [5.74, 6) is 0. The van der Waals surface area contributed by atoms with Crippen LogP contribution in [0.3, 0.4) is 0 Å². The van der Waals surface area contributed by atoms with Crippen LogP contribution in [0.25, 0.3) is 0 Å². The molecule has 0 heterocycles. The van der Waals surface area contributed by atoms with Crippen LogP contribution < -0.4 is 5.73 Å². The van der Waals surface area contributed by atoms with Crippen molar-refractivity contribution in [2.24, 2.45) is 5.73 Å². The Bertz CT molecular complexity index is 728. The Kier molecular flexibility index (Phi) is 33.9. The summed E-state index contributed by atoms with van der Waals surface area (Å²) < 4.78 is 0. The predicted octanol–water partition coefficient (Wildman–Crippen LogP) is 15.7. The van der Waals surface area contributed by atoms with Gasteiger partial charge in [0.2, 0.25) is 0 Å². The maximum atomic E-state index is 6.96. The smallest absolute Gasteiger partial charge is 0.0383 e. The second kappa shape index (κ2) is 34.3. The van der Waals surface area contributed by atoms with Crippen LogP contribution in [-0.4, -0.2) is 0 Å². The van der Waals surface area contributed by atoms with E-state index in [9.17, 15) is 0 Å². The first kappa shape index (κ1) is 45.5. The van der Waals surface area contributed by atoms with Crippen molar-refractivity contribution in [1.82, 2.24) is 0 Å². The maximum absolute atomic E-state index is 6.96. The molecule has 0 saturated carbocycles. The molecule has 1 aromatic carbocycles. The number of benzene rings is 1. The average molecular weight is 663 g/mol. The van der Waals surface area contributed by atoms with Crippen molar-refractivity contribution in [3.8, 4) is 0 Å². The highest BCUT2D eigenvalue weighted by Crippen LogP contribution is 2.29. The van der Waals surface area contributed by atoms with E-state index in [1.807, 2.05) is 0 Å². The zero-order valence-electron chi connectivity index (χ0n) is 31.8. The number of nitrogens with two attached hydrogens (primary N) is 1. The van der Waals surface area contributed by atoms with Gasteiger partial charge in [0.05, 0.1) is 0 Å². The highest BCUT2D eigenvalue weighted by atomic mass is 35.5. The summed E-state index contributed by atoms with van der Waals surface area (Å²) >= 11 is 0. The number of hydrogen-bond donors (Lipinski definition) is 1. The van der Waals surface area contributed by atoms with Crippen LogP contribution in [-0.2, 0) is 12.0 Å². The van der Waals surface area contributed by atoms with Crippen molar-refractivity contribution < 1.29 is 0 Å². The lowest BCUT2D eigenvalue weighted by Gasteiger charge is -2.28. The number of aryl methyl sites for hydroxylation is 1. The van der Waals surface area contributed by atoms with Gasteiger partial charge < -0.3 is 5.73 Å². The minimum Gasteiger partial charge on any atom is -0.322 e. The van der Waals surface area contributed by atoms with E-state index in [4.69, 9.17) is 5.73 Å². The molecule has 1 unspecified atom stereocenters. The second-order valence-corrected chi connectivity index (χ2v) is 15.2. The molecule has 1 rings (SSSR count). The molecule has 0 amide bonds. The third-order valence-electron chi connectivity index (χ3n) is 10.5. The summed E-state index contributed by atoms with van der Waals surface area (Å²) in [5, 5.41) is 0. The average Bonchev–Trinajstić information content (AvgIpc) is 3.04. The van der Waals surface area contributed by atoms with Crippen LogP contribution in [0.2, 0.25) is 0 Å². The van der Waals surface area contributed by atoms with Crippen LogP contribution in [0.1, 0.15) is 244 Å². The number of unbranched alkanes of at least 4 members (excludes halogenated alkanes) is 30. The molecule has 1 atom stereocenters. The quantitative estimate of drug-likeness (QED) is 0.0720. The molecule has 0 spiro atoms.